The normalized spacial score (nSPS) is 10.8. The SMILES string of the molecule is Oc1cc2cc(NCCCc3ccccc3)ccc2[nH]1. The van der Waals surface area contributed by atoms with Crippen molar-refractivity contribution in [1.82, 2.24) is 4.98 Å². The minimum absolute atomic E-state index is 0.209. The standard InChI is InChI=1S/C17H18N2O/c20-17-12-14-11-15(8-9-16(14)19-17)18-10-4-7-13-5-2-1-3-6-13/h1-3,5-6,8-9,11-12,18-20H,4,7,10H2. The molecule has 3 rings (SSSR count). The van der Waals surface area contributed by atoms with E-state index >= 15 is 0 Å². The Kier molecular flexibility index (Phi) is 3.59. The van der Waals surface area contributed by atoms with Crippen molar-refractivity contribution in [2.75, 3.05) is 11.9 Å². The number of aromatic hydroxyl groups is 1. The molecule has 3 N–H and O–H groups in total. The first-order valence-corrected chi connectivity index (χ1v) is 6.91. The summed E-state index contributed by atoms with van der Waals surface area (Å²) in [6.45, 7) is 0.941. The number of fused-ring (bicyclic) bond motifs is 1. The molecule has 1 heterocycles. The van der Waals surface area contributed by atoms with Crippen molar-refractivity contribution in [3.05, 3.63) is 60.2 Å². The molecule has 2 aromatic carbocycles. The van der Waals surface area contributed by atoms with Gasteiger partial charge in [0.15, 0.2) is 5.88 Å². The van der Waals surface area contributed by atoms with Crippen LogP contribution >= 0.6 is 0 Å². The van der Waals surface area contributed by atoms with Crippen LogP contribution in [0.3, 0.4) is 0 Å². The van der Waals surface area contributed by atoms with Crippen molar-refractivity contribution in [3.63, 3.8) is 0 Å². The Morgan fingerprint density at radius 2 is 1.85 bits per heavy atom. The zero-order valence-electron chi connectivity index (χ0n) is 11.3. The van der Waals surface area contributed by atoms with Crippen LogP contribution in [0, 0.1) is 0 Å². The lowest BCUT2D eigenvalue weighted by Gasteiger charge is -2.06. The van der Waals surface area contributed by atoms with Gasteiger partial charge in [-0.3, -0.25) is 0 Å². The maximum absolute atomic E-state index is 9.41. The fourth-order valence-electron chi connectivity index (χ4n) is 2.40. The molecular formula is C17H18N2O. The number of benzene rings is 2. The molecule has 0 amide bonds. The monoisotopic (exact) mass is 266 g/mol. The van der Waals surface area contributed by atoms with E-state index in [-0.39, 0.29) is 5.88 Å². The molecule has 0 bridgehead atoms. The summed E-state index contributed by atoms with van der Waals surface area (Å²) >= 11 is 0. The van der Waals surface area contributed by atoms with Gasteiger partial charge in [-0.25, -0.2) is 0 Å². The molecule has 0 spiro atoms. The second-order valence-corrected chi connectivity index (χ2v) is 4.97. The van der Waals surface area contributed by atoms with E-state index in [4.69, 9.17) is 0 Å². The quantitative estimate of drug-likeness (QED) is 0.613. The number of H-pyrrole nitrogens is 1. The molecule has 0 atom stereocenters. The predicted octanol–water partition coefficient (Wildman–Crippen LogP) is 3.92. The fourth-order valence-corrected chi connectivity index (χ4v) is 2.40. The van der Waals surface area contributed by atoms with Gasteiger partial charge in [0.05, 0.1) is 0 Å². The van der Waals surface area contributed by atoms with Crippen LogP contribution in [0.2, 0.25) is 0 Å². The number of aryl methyl sites for hydroxylation is 1. The van der Waals surface area contributed by atoms with Gasteiger partial charge < -0.3 is 15.4 Å². The third-order valence-electron chi connectivity index (χ3n) is 3.42. The van der Waals surface area contributed by atoms with E-state index in [0.29, 0.717) is 0 Å². The van der Waals surface area contributed by atoms with Gasteiger partial charge in [-0.15, -0.1) is 0 Å². The molecule has 0 unspecified atom stereocenters. The number of hydrogen-bond donors (Lipinski definition) is 3. The summed E-state index contributed by atoms with van der Waals surface area (Å²) in [6.07, 6.45) is 2.18. The molecule has 0 aliphatic heterocycles. The van der Waals surface area contributed by atoms with Gasteiger partial charge in [0, 0.05) is 29.2 Å². The average Bonchev–Trinajstić information content (AvgIpc) is 2.84. The Bertz CT molecular complexity index is 689. The van der Waals surface area contributed by atoms with Crippen LogP contribution in [0.15, 0.2) is 54.6 Å². The van der Waals surface area contributed by atoms with E-state index in [2.05, 4.69) is 34.6 Å². The third kappa shape index (κ3) is 2.94. The highest BCUT2D eigenvalue weighted by molar-refractivity contribution is 5.84. The van der Waals surface area contributed by atoms with E-state index in [9.17, 15) is 5.11 Å². The van der Waals surface area contributed by atoms with Crippen molar-refractivity contribution >= 4 is 16.6 Å². The zero-order chi connectivity index (χ0) is 13.8. The zero-order valence-corrected chi connectivity index (χ0v) is 11.3. The van der Waals surface area contributed by atoms with Crippen molar-refractivity contribution in [2.45, 2.75) is 12.8 Å². The first-order valence-electron chi connectivity index (χ1n) is 6.91. The van der Waals surface area contributed by atoms with Crippen LogP contribution in [0.25, 0.3) is 10.9 Å². The van der Waals surface area contributed by atoms with Gasteiger partial charge in [-0.05, 0) is 36.6 Å². The molecule has 102 valence electrons. The van der Waals surface area contributed by atoms with Crippen LogP contribution < -0.4 is 5.32 Å². The fraction of sp³-hybridized carbons (Fsp3) is 0.176. The minimum atomic E-state index is 0.209. The van der Waals surface area contributed by atoms with Crippen LogP contribution in [-0.2, 0) is 6.42 Å². The number of rotatable bonds is 5. The van der Waals surface area contributed by atoms with E-state index in [0.717, 1.165) is 36.0 Å². The first-order chi connectivity index (χ1) is 9.81. The molecular weight excluding hydrogens is 248 g/mol. The van der Waals surface area contributed by atoms with Crippen LogP contribution in [0.4, 0.5) is 5.69 Å². The highest BCUT2D eigenvalue weighted by Crippen LogP contribution is 2.22. The average molecular weight is 266 g/mol. The summed E-state index contributed by atoms with van der Waals surface area (Å²) in [5.74, 6) is 0.209. The number of anilines is 1. The maximum atomic E-state index is 9.41. The molecule has 0 saturated heterocycles. The Balaban J connectivity index is 1.54. The van der Waals surface area contributed by atoms with E-state index in [1.807, 2.05) is 24.3 Å². The van der Waals surface area contributed by atoms with Crippen LogP contribution in [0.1, 0.15) is 12.0 Å². The number of aromatic nitrogens is 1. The molecule has 3 heteroatoms. The van der Waals surface area contributed by atoms with E-state index < -0.39 is 0 Å². The molecule has 0 aliphatic rings. The van der Waals surface area contributed by atoms with Gasteiger partial charge in [-0.1, -0.05) is 30.3 Å². The maximum Gasteiger partial charge on any atom is 0.189 e. The van der Waals surface area contributed by atoms with Crippen molar-refractivity contribution in [1.29, 1.82) is 0 Å². The topological polar surface area (TPSA) is 48.0 Å². The van der Waals surface area contributed by atoms with Gasteiger partial charge in [0.25, 0.3) is 0 Å². The number of nitrogens with one attached hydrogen (secondary N) is 2. The lowest BCUT2D eigenvalue weighted by atomic mass is 10.1. The Labute approximate surface area is 118 Å². The van der Waals surface area contributed by atoms with E-state index in [1.54, 1.807) is 6.07 Å². The summed E-state index contributed by atoms with van der Waals surface area (Å²) in [6, 6.07) is 18.3. The third-order valence-corrected chi connectivity index (χ3v) is 3.42. The molecule has 0 saturated carbocycles. The summed E-state index contributed by atoms with van der Waals surface area (Å²) in [5.41, 5.74) is 3.42. The Morgan fingerprint density at radius 1 is 1.00 bits per heavy atom. The van der Waals surface area contributed by atoms with Gasteiger partial charge in [0.1, 0.15) is 0 Å². The Morgan fingerprint density at radius 3 is 2.70 bits per heavy atom. The summed E-state index contributed by atoms with van der Waals surface area (Å²) in [5, 5.41) is 13.9. The highest BCUT2D eigenvalue weighted by atomic mass is 16.3. The highest BCUT2D eigenvalue weighted by Gasteiger charge is 2.00. The van der Waals surface area contributed by atoms with E-state index in [1.165, 1.54) is 5.56 Å². The predicted molar refractivity (Wildman–Crippen MR) is 83.2 cm³/mol. The number of aromatic amines is 1. The molecule has 0 radical (unpaired) electrons. The van der Waals surface area contributed by atoms with Crippen molar-refractivity contribution < 1.29 is 5.11 Å². The summed E-state index contributed by atoms with van der Waals surface area (Å²) in [7, 11) is 0. The second-order valence-electron chi connectivity index (χ2n) is 4.97. The lowest BCUT2D eigenvalue weighted by Crippen LogP contribution is -2.02. The largest absolute Gasteiger partial charge is 0.495 e. The molecule has 1 aromatic heterocycles. The van der Waals surface area contributed by atoms with Crippen molar-refractivity contribution in [2.24, 2.45) is 0 Å². The van der Waals surface area contributed by atoms with Gasteiger partial charge in [-0.2, -0.15) is 0 Å². The minimum Gasteiger partial charge on any atom is -0.495 e. The Hall–Kier alpha value is -2.42. The van der Waals surface area contributed by atoms with Crippen LogP contribution in [-0.4, -0.2) is 16.6 Å². The smallest absolute Gasteiger partial charge is 0.189 e. The molecule has 3 aromatic rings. The molecule has 20 heavy (non-hydrogen) atoms. The van der Waals surface area contributed by atoms with Gasteiger partial charge >= 0.3 is 0 Å². The van der Waals surface area contributed by atoms with Crippen LogP contribution in [0.5, 0.6) is 5.88 Å². The molecule has 0 fully saturated rings. The lowest BCUT2D eigenvalue weighted by molar-refractivity contribution is 0.458. The second kappa shape index (κ2) is 5.70. The molecule has 3 nitrogen and oxygen atoms in total. The van der Waals surface area contributed by atoms with Crippen molar-refractivity contribution in [3.8, 4) is 5.88 Å². The summed E-state index contributed by atoms with van der Waals surface area (Å²) < 4.78 is 0. The molecule has 0 aliphatic carbocycles. The summed E-state index contributed by atoms with van der Waals surface area (Å²) in [4.78, 5) is 2.90. The van der Waals surface area contributed by atoms with Gasteiger partial charge in [0.2, 0.25) is 0 Å². The first kappa shape index (κ1) is 12.6. The number of hydrogen-bond acceptors (Lipinski definition) is 2.